The Balaban J connectivity index is 1.66. The SMILES string of the molecule is Brc1cc(NC2CCC2)cc(OCc2ccccc2)c1. The van der Waals surface area contributed by atoms with Crippen LogP contribution in [0.2, 0.25) is 0 Å². The smallest absolute Gasteiger partial charge is 0.122 e. The van der Waals surface area contributed by atoms with Gasteiger partial charge in [-0.25, -0.2) is 0 Å². The van der Waals surface area contributed by atoms with Crippen molar-refractivity contribution in [2.24, 2.45) is 0 Å². The standard InChI is InChI=1S/C17H18BrNO/c18-14-9-16(19-15-7-4-8-15)11-17(10-14)20-12-13-5-2-1-3-6-13/h1-3,5-6,9-11,15,19H,4,7-8,12H2. The number of hydrogen-bond donors (Lipinski definition) is 1. The minimum Gasteiger partial charge on any atom is -0.489 e. The first kappa shape index (κ1) is 13.5. The third-order valence-corrected chi connectivity index (χ3v) is 4.05. The second-order valence-corrected chi connectivity index (χ2v) is 6.14. The number of anilines is 1. The van der Waals surface area contributed by atoms with Gasteiger partial charge in [-0.15, -0.1) is 0 Å². The topological polar surface area (TPSA) is 21.3 Å². The average molecular weight is 332 g/mol. The van der Waals surface area contributed by atoms with E-state index in [1.165, 1.54) is 24.8 Å². The van der Waals surface area contributed by atoms with Crippen LogP contribution in [-0.2, 0) is 6.61 Å². The first-order valence-corrected chi connectivity index (χ1v) is 7.83. The molecule has 0 radical (unpaired) electrons. The van der Waals surface area contributed by atoms with Crippen molar-refractivity contribution in [2.45, 2.75) is 31.9 Å². The fourth-order valence-electron chi connectivity index (χ4n) is 2.26. The van der Waals surface area contributed by atoms with Crippen molar-refractivity contribution in [2.75, 3.05) is 5.32 Å². The summed E-state index contributed by atoms with van der Waals surface area (Å²) in [5.74, 6) is 0.894. The predicted molar refractivity (Wildman–Crippen MR) is 86.2 cm³/mol. The van der Waals surface area contributed by atoms with Crippen LogP contribution in [0.5, 0.6) is 5.75 Å². The lowest BCUT2D eigenvalue weighted by Gasteiger charge is -2.27. The second kappa shape index (κ2) is 6.31. The maximum atomic E-state index is 5.88. The number of halogens is 1. The van der Waals surface area contributed by atoms with Crippen LogP contribution in [0.1, 0.15) is 24.8 Å². The Labute approximate surface area is 128 Å². The van der Waals surface area contributed by atoms with Crippen molar-refractivity contribution >= 4 is 21.6 Å². The van der Waals surface area contributed by atoms with Crippen molar-refractivity contribution in [3.05, 3.63) is 58.6 Å². The molecule has 2 aromatic carbocycles. The van der Waals surface area contributed by atoms with Gasteiger partial charge in [0.25, 0.3) is 0 Å². The zero-order valence-electron chi connectivity index (χ0n) is 11.3. The van der Waals surface area contributed by atoms with Crippen molar-refractivity contribution in [3.8, 4) is 5.75 Å². The second-order valence-electron chi connectivity index (χ2n) is 5.22. The summed E-state index contributed by atoms with van der Waals surface area (Å²) in [5, 5.41) is 3.55. The molecule has 1 aliphatic rings. The Hall–Kier alpha value is -1.48. The third-order valence-electron chi connectivity index (χ3n) is 3.60. The van der Waals surface area contributed by atoms with E-state index in [2.05, 4.69) is 45.5 Å². The Bertz CT molecular complexity index is 566. The molecule has 1 fully saturated rings. The first-order chi connectivity index (χ1) is 9.79. The van der Waals surface area contributed by atoms with Gasteiger partial charge in [-0.05, 0) is 37.0 Å². The molecule has 1 aliphatic carbocycles. The molecule has 0 amide bonds. The van der Waals surface area contributed by atoms with Crippen molar-refractivity contribution in [1.82, 2.24) is 0 Å². The van der Waals surface area contributed by atoms with Crippen LogP contribution in [0.25, 0.3) is 0 Å². The molecule has 2 aromatic rings. The highest BCUT2D eigenvalue weighted by Crippen LogP contribution is 2.29. The van der Waals surface area contributed by atoms with Crippen LogP contribution in [0.15, 0.2) is 53.0 Å². The molecule has 20 heavy (non-hydrogen) atoms. The Morgan fingerprint density at radius 3 is 2.60 bits per heavy atom. The van der Waals surface area contributed by atoms with E-state index in [4.69, 9.17) is 4.74 Å². The van der Waals surface area contributed by atoms with Crippen LogP contribution < -0.4 is 10.1 Å². The summed E-state index contributed by atoms with van der Waals surface area (Å²) < 4.78 is 6.92. The highest BCUT2D eigenvalue weighted by molar-refractivity contribution is 9.10. The molecule has 0 aromatic heterocycles. The summed E-state index contributed by atoms with van der Waals surface area (Å²) in [6.07, 6.45) is 3.88. The number of benzene rings is 2. The summed E-state index contributed by atoms with van der Waals surface area (Å²) in [5.41, 5.74) is 2.31. The van der Waals surface area contributed by atoms with Gasteiger partial charge in [0.2, 0.25) is 0 Å². The van der Waals surface area contributed by atoms with E-state index in [-0.39, 0.29) is 0 Å². The van der Waals surface area contributed by atoms with E-state index in [1.807, 2.05) is 24.3 Å². The fraction of sp³-hybridized carbons (Fsp3) is 0.294. The van der Waals surface area contributed by atoms with Gasteiger partial charge >= 0.3 is 0 Å². The van der Waals surface area contributed by atoms with Crippen LogP contribution >= 0.6 is 15.9 Å². The van der Waals surface area contributed by atoms with E-state index in [9.17, 15) is 0 Å². The molecule has 0 bridgehead atoms. The molecular weight excluding hydrogens is 314 g/mol. The van der Waals surface area contributed by atoms with Crippen LogP contribution in [0, 0.1) is 0 Å². The average Bonchev–Trinajstić information content (AvgIpc) is 2.41. The maximum absolute atomic E-state index is 5.88. The first-order valence-electron chi connectivity index (χ1n) is 7.03. The molecule has 0 aliphatic heterocycles. The predicted octanol–water partition coefficient (Wildman–Crippen LogP) is 4.99. The lowest BCUT2D eigenvalue weighted by molar-refractivity contribution is 0.306. The van der Waals surface area contributed by atoms with Crippen LogP contribution in [0.3, 0.4) is 0 Å². The molecular formula is C17H18BrNO. The summed E-state index contributed by atoms with van der Waals surface area (Å²) in [7, 11) is 0. The monoisotopic (exact) mass is 331 g/mol. The minimum absolute atomic E-state index is 0.597. The molecule has 0 saturated heterocycles. The lowest BCUT2D eigenvalue weighted by atomic mass is 9.93. The van der Waals surface area contributed by atoms with E-state index in [1.54, 1.807) is 0 Å². The number of rotatable bonds is 5. The minimum atomic E-state index is 0.597. The van der Waals surface area contributed by atoms with Gasteiger partial charge in [0.05, 0.1) is 0 Å². The highest BCUT2D eigenvalue weighted by Gasteiger charge is 2.17. The molecule has 1 saturated carbocycles. The van der Waals surface area contributed by atoms with Gasteiger partial charge in [0, 0.05) is 22.3 Å². The molecule has 0 spiro atoms. The zero-order valence-corrected chi connectivity index (χ0v) is 12.9. The Morgan fingerprint density at radius 2 is 1.90 bits per heavy atom. The van der Waals surface area contributed by atoms with E-state index in [0.29, 0.717) is 12.6 Å². The van der Waals surface area contributed by atoms with Gasteiger partial charge in [-0.2, -0.15) is 0 Å². The fourth-order valence-corrected chi connectivity index (χ4v) is 2.73. The molecule has 3 rings (SSSR count). The van der Waals surface area contributed by atoms with E-state index < -0.39 is 0 Å². The van der Waals surface area contributed by atoms with Gasteiger partial charge < -0.3 is 10.1 Å². The molecule has 0 unspecified atom stereocenters. The largest absolute Gasteiger partial charge is 0.489 e. The Morgan fingerprint density at radius 1 is 1.10 bits per heavy atom. The number of nitrogens with one attached hydrogen (secondary N) is 1. The number of ether oxygens (including phenoxy) is 1. The van der Waals surface area contributed by atoms with Crippen molar-refractivity contribution in [3.63, 3.8) is 0 Å². The third kappa shape index (κ3) is 3.54. The maximum Gasteiger partial charge on any atom is 0.122 e. The van der Waals surface area contributed by atoms with Gasteiger partial charge in [-0.3, -0.25) is 0 Å². The quantitative estimate of drug-likeness (QED) is 0.833. The zero-order chi connectivity index (χ0) is 13.8. The lowest BCUT2D eigenvalue weighted by Crippen LogP contribution is -2.26. The molecule has 3 heteroatoms. The van der Waals surface area contributed by atoms with Crippen molar-refractivity contribution in [1.29, 1.82) is 0 Å². The van der Waals surface area contributed by atoms with E-state index in [0.717, 1.165) is 15.9 Å². The molecule has 2 nitrogen and oxygen atoms in total. The van der Waals surface area contributed by atoms with Gasteiger partial charge in [0.1, 0.15) is 12.4 Å². The highest BCUT2D eigenvalue weighted by atomic mass is 79.9. The molecule has 104 valence electrons. The summed E-state index contributed by atoms with van der Waals surface area (Å²) in [4.78, 5) is 0. The normalized spacial score (nSPS) is 14.7. The van der Waals surface area contributed by atoms with Gasteiger partial charge in [0.15, 0.2) is 0 Å². The summed E-state index contributed by atoms with van der Waals surface area (Å²) >= 11 is 3.55. The van der Waals surface area contributed by atoms with Crippen LogP contribution in [0.4, 0.5) is 5.69 Å². The Kier molecular flexibility index (Phi) is 4.26. The molecule has 0 atom stereocenters. The van der Waals surface area contributed by atoms with Crippen molar-refractivity contribution < 1.29 is 4.74 Å². The summed E-state index contributed by atoms with van der Waals surface area (Å²) in [6.45, 7) is 0.597. The molecule has 1 N–H and O–H groups in total. The van der Waals surface area contributed by atoms with E-state index >= 15 is 0 Å². The van der Waals surface area contributed by atoms with Gasteiger partial charge in [-0.1, -0.05) is 46.3 Å². The number of hydrogen-bond acceptors (Lipinski definition) is 2. The van der Waals surface area contributed by atoms with Crippen LogP contribution in [-0.4, -0.2) is 6.04 Å². The summed E-state index contributed by atoms with van der Waals surface area (Å²) in [6, 6.07) is 17.0. The molecule has 0 heterocycles.